The molecule has 0 aliphatic heterocycles. The van der Waals surface area contributed by atoms with Crippen LogP contribution in [0.25, 0.3) is 0 Å². The van der Waals surface area contributed by atoms with E-state index in [-0.39, 0.29) is 30.8 Å². The third kappa shape index (κ3) is 8.29. The molecule has 3 N–H and O–H groups in total. The molecule has 1 rings (SSSR count). The molecule has 24 heavy (non-hydrogen) atoms. The summed E-state index contributed by atoms with van der Waals surface area (Å²) >= 11 is 0. The van der Waals surface area contributed by atoms with E-state index in [1.165, 1.54) is 10.5 Å². The maximum atomic E-state index is 12.1. The fraction of sp³-hybridized carbons (Fsp3) is 0.529. The Kier molecular flexibility index (Phi) is 11.0. The highest BCUT2D eigenvalue weighted by molar-refractivity contribution is 5.87. The second-order valence-corrected chi connectivity index (χ2v) is 5.82. The van der Waals surface area contributed by atoms with Gasteiger partial charge < -0.3 is 16.0 Å². The van der Waals surface area contributed by atoms with Gasteiger partial charge in [0, 0.05) is 33.7 Å². The first-order chi connectivity index (χ1) is 10.9. The summed E-state index contributed by atoms with van der Waals surface area (Å²) in [7, 11) is 3.34. The van der Waals surface area contributed by atoms with E-state index in [1.54, 1.807) is 21.0 Å². The van der Waals surface area contributed by atoms with Gasteiger partial charge in [0.15, 0.2) is 0 Å². The van der Waals surface area contributed by atoms with E-state index in [2.05, 4.69) is 17.4 Å². The van der Waals surface area contributed by atoms with Crippen molar-refractivity contribution in [3.63, 3.8) is 0 Å². The summed E-state index contributed by atoms with van der Waals surface area (Å²) in [5.74, 6) is -0.276. The average molecular weight is 357 g/mol. The zero-order valence-corrected chi connectivity index (χ0v) is 15.5. The summed E-state index contributed by atoms with van der Waals surface area (Å²) in [6, 6.07) is 9.61. The van der Waals surface area contributed by atoms with E-state index in [0.717, 1.165) is 13.0 Å². The molecule has 0 bridgehead atoms. The number of likely N-dealkylation sites (N-methyl/N-ethyl adjacent to an activating group) is 1. The largest absolute Gasteiger partial charge is 0.347 e. The van der Waals surface area contributed by atoms with Crippen LogP contribution in [0, 0.1) is 0 Å². The van der Waals surface area contributed by atoms with Crippen LogP contribution >= 0.6 is 12.4 Å². The van der Waals surface area contributed by atoms with E-state index in [0.29, 0.717) is 13.1 Å². The predicted molar refractivity (Wildman–Crippen MR) is 99.2 cm³/mol. The van der Waals surface area contributed by atoms with Gasteiger partial charge in [-0.15, -0.1) is 12.4 Å². The zero-order valence-electron chi connectivity index (χ0n) is 14.7. The number of nitrogens with one attached hydrogen (secondary N) is 1. The van der Waals surface area contributed by atoms with Crippen molar-refractivity contribution < 1.29 is 9.59 Å². The van der Waals surface area contributed by atoms with Crippen LogP contribution in [0.2, 0.25) is 0 Å². The van der Waals surface area contributed by atoms with Gasteiger partial charge in [-0.2, -0.15) is 0 Å². The number of carbonyl (C=O) groups is 2. The van der Waals surface area contributed by atoms with Gasteiger partial charge in [0.1, 0.15) is 6.04 Å². The molecule has 0 aliphatic carbocycles. The third-order valence-corrected chi connectivity index (χ3v) is 3.56. The lowest BCUT2D eigenvalue weighted by Crippen LogP contribution is -2.48. The van der Waals surface area contributed by atoms with Gasteiger partial charge in [-0.05, 0) is 18.9 Å². The van der Waals surface area contributed by atoms with E-state index in [4.69, 9.17) is 5.73 Å². The summed E-state index contributed by atoms with van der Waals surface area (Å²) in [5.41, 5.74) is 6.86. The van der Waals surface area contributed by atoms with E-state index >= 15 is 0 Å². The normalized spacial score (nSPS) is 11.5. The van der Waals surface area contributed by atoms with Crippen molar-refractivity contribution in [1.82, 2.24) is 15.1 Å². The Bertz CT molecular complexity index is 497. The molecule has 2 amide bonds. The Morgan fingerprint density at radius 1 is 1.17 bits per heavy atom. The summed E-state index contributed by atoms with van der Waals surface area (Å²) in [4.78, 5) is 27.4. The first-order valence-corrected chi connectivity index (χ1v) is 7.91. The lowest BCUT2D eigenvalue weighted by molar-refractivity contribution is -0.134. The summed E-state index contributed by atoms with van der Waals surface area (Å²) in [5, 5.41) is 2.74. The molecule has 0 radical (unpaired) electrons. The van der Waals surface area contributed by atoms with Crippen molar-refractivity contribution in [3.05, 3.63) is 35.9 Å². The Morgan fingerprint density at radius 2 is 1.79 bits per heavy atom. The maximum Gasteiger partial charge on any atom is 0.244 e. The lowest BCUT2D eigenvalue weighted by atomic mass is 10.1. The Labute approximate surface area is 150 Å². The lowest BCUT2D eigenvalue weighted by Gasteiger charge is -2.23. The highest BCUT2D eigenvalue weighted by atomic mass is 35.5. The van der Waals surface area contributed by atoms with Gasteiger partial charge in [-0.1, -0.05) is 30.3 Å². The highest BCUT2D eigenvalue weighted by Gasteiger charge is 2.18. The Balaban J connectivity index is 0.00000529. The van der Waals surface area contributed by atoms with Crippen LogP contribution in [0.3, 0.4) is 0 Å². The summed E-state index contributed by atoms with van der Waals surface area (Å²) in [6.07, 6.45) is 0.861. The fourth-order valence-electron chi connectivity index (χ4n) is 2.32. The van der Waals surface area contributed by atoms with Crippen LogP contribution in [-0.4, -0.2) is 67.9 Å². The van der Waals surface area contributed by atoms with Crippen LogP contribution in [0.15, 0.2) is 30.3 Å². The minimum Gasteiger partial charge on any atom is -0.347 e. The van der Waals surface area contributed by atoms with Crippen LogP contribution < -0.4 is 11.1 Å². The quantitative estimate of drug-likeness (QED) is 0.675. The number of halogens is 1. The molecule has 0 saturated carbocycles. The molecule has 136 valence electrons. The SMILES string of the molecule is CC(NC(=O)CN(CCN)CCc1ccccc1)C(=O)N(C)C.Cl. The first-order valence-electron chi connectivity index (χ1n) is 7.91. The smallest absolute Gasteiger partial charge is 0.244 e. The molecule has 0 aromatic heterocycles. The van der Waals surface area contributed by atoms with Crippen molar-refractivity contribution in [3.8, 4) is 0 Å². The monoisotopic (exact) mass is 356 g/mol. The molecular weight excluding hydrogens is 328 g/mol. The number of rotatable bonds is 9. The van der Waals surface area contributed by atoms with E-state index in [1.807, 2.05) is 23.1 Å². The molecule has 0 heterocycles. The van der Waals surface area contributed by atoms with Crippen LogP contribution in [-0.2, 0) is 16.0 Å². The molecule has 1 aromatic rings. The topological polar surface area (TPSA) is 78.7 Å². The molecule has 1 unspecified atom stereocenters. The average Bonchev–Trinajstić information content (AvgIpc) is 2.52. The predicted octanol–water partition coefficient (Wildman–Crippen LogP) is 0.505. The molecule has 1 atom stereocenters. The number of hydrogen-bond acceptors (Lipinski definition) is 4. The maximum absolute atomic E-state index is 12.1. The summed E-state index contributed by atoms with van der Waals surface area (Å²) in [6.45, 7) is 3.84. The van der Waals surface area contributed by atoms with Gasteiger partial charge in [-0.25, -0.2) is 0 Å². The minimum absolute atomic E-state index is 0. The number of benzene rings is 1. The van der Waals surface area contributed by atoms with Crippen molar-refractivity contribution in [2.75, 3.05) is 40.3 Å². The van der Waals surface area contributed by atoms with Crippen molar-refractivity contribution in [2.24, 2.45) is 5.73 Å². The Hall–Kier alpha value is -1.63. The van der Waals surface area contributed by atoms with Gasteiger partial charge in [-0.3, -0.25) is 14.5 Å². The number of carbonyl (C=O) groups excluding carboxylic acids is 2. The third-order valence-electron chi connectivity index (χ3n) is 3.56. The van der Waals surface area contributed by atoms with Gasteiger partial charge in [0.25, 0.3) is 0 Å². The molecular formula is C17H29ClN4O2. The molecule has 0 saturated heterocycles. The molecule has 1 aromatic carbocycles. The van der Waals surface area contributed by atoms with Crippen molar-refractivity contribution in [2.45, 2.75) is 19.4 Å². The second kappa shape index (κ2) is 11.8. The van der Waals surface area contributed by atoms with Crippen molar-refractivity contribution in [1.29, 1.82) is 0 Å². The Morgan fingerprint density at radius 3 is 2.33 bits per heavy atom. The fourth-order valence-corrected chi connectivity index (χ4v) is 2.32. The second-order valence-electron chi connectivity index (χ2n) is 5.82. The van der Waals surface area contributed by atoms with Gasteiger partial charge in [0.05, 0.1) is 6.54 Å². The number of amides is 2. The van der Waals surface area contributed by atoms with Crippen LogP contribution in [0.4, 0.5) is 0 Å². The van der Waals surface area contributed by atoms with Gasteiger partial charge in [0.2, 0.25) is 11.8 Å². The minimum atomic E-state index is -0.522. The van der Waals surface area contributed by atoms with E-state index < -0.39 is 6.04 Å². The molecule has 0 fully saturated rings. The van der Waals surface area contributed by atoms with Gasteiger partial charge >= 0.3 is 0 Å². The number of hydrogen-bond donors (Lipinski definition) is 2. The molecule has 0 spiro atoms. The molecule has 0 aliphatic rings. The molecule has 6 nitrogen and oxygen atoms in total. The van der Waals surface area contributed by atoms with E-state index in [9.17, 15) is 9.59 Å². The zero-order chi connectivity index (χ0) is 17.2. The number of nitrogens with zero attached hydrogens (tertiary/aromatic N) is 2. The van der Waals surface area contributed by atoms with Crippen LogP contribution in [0.1, 0.15) is 12.5 Å². The van der Waals surface area contributed by atoms with Crippen LogP contribution in [0.5, 0.6) is 0 Å². The number of nitrogens with two attached hydrogens (primary N) is 1. The first kappa shape index (κ1) is 22.4. The van der Waals surface area contributed by atoms with Crippen molar-refractivity contribution >= 4 is 24.2 Å². The molecule has 7 heteroatoms. The highest BCUT2D eigenvalue weighted by Crippen LogP contribution is 2.01. The standard InChI is InChI=1S/C17H28N4O2.ClH/c1-14(17(23)20(2)3)19-16(22)13-21(12-10-18)11-9-15-7-5-4-6-8-15;/h4-8,14H,9-13,18H2,1-3H3,(H,19,22);1H. The summed E-state index contributed by atoms with van der Waals surface area (Å²) < 4.78 is 0.